The van der Waals surface area contributed by atoms with Gasteiger partial charge in [0, 0.05) is 12.1 Å². The van der Waals surface area contributed by atoms with E-state index in [1.807, 2.05) is 18.3 Å². The fourth-order valence-corrected chi connectivity index (χ4v) is 2.00. The number of hydrogen-bond donors (Lipinski definition) is 1. The third-order valence-electron chi connectivity index (χ3n) is 3.25. The maximum absolute atomic E-state index is 12.7. The third kappa shape index (κ3) is 4.11. The Morgan fingerprint density at radius 3 is 2.94 bits per heavy atom. The Bertz CT molecular complexity index is 391. The maximum Gasteiger partial charge on any atom is 0.123 e. The Hall–Kier alpha value is -1.42. The highest BCUT2D eigenvalue weighted by Gasteiger charge is 2.35. The Morgan fingerprint density at radius 1 is 1.44 bits per heavy atom. The molecular formula is C14H19FN2O. The average molecular weight is 250 g/mol. The summed E-state index contributed by atoms with van der Waals surface area (Å²) in [7, 11) is 1.56. The third-order valence-corrected chi connectivity index (χ3v) is 3.25. The number of rotatable bonds is 7. The van der Waals surface area contributed by atoms with E-state index >= 15 is 0 Å². The van der Waals surface area contributed by atoms with Crippen LogP contribution >= 0.6 is 0 Å². The lowest BCUT2D eigenvalue weighted by Crippen LogP contribution is -2.20. The van der Waals surface area contributed by atoms with E-state index in [4.69, 9.17) is 0 Å². The van der Waals surface area contributed by atoms with Gasteiger partial charge in [0.05, 0.1) is 0 Å². The van der Waals surface area contributed by atoms with Crippen molar-refractivity contribution in [1.82, 2.24) is 5.32 Å². The molecule has 0 aromatic heterocycles. The molecule has 1 aromatic rings. The summed E-state index contributed by atoms with van der Waals surface area (Å²) in [4.78, 5) is 4.65. The second kappa shape index (κ2) is 6.50. The topological polar surface area (TPSA) is 33.6 Å². The van der Waals surface area contributed by atoms with Crippen LogP contribution in [0.15, 0.2) is 29.4 Å². The van der Waals surface area contributed by atoms with Gasteiger partial charge >= 0.3 is 0 Å². The molecule has 1 aromatic carbocycles. The molecule has 0 spiro atoms. The molecule has 0 amide bonds. The second-order valence-electron chi connectivity index (χ2n) is 4.68. The predicted octanol–water partition coefficient (Wildman–Crippen LogP) is 2.23. The van der Waals surface area contributed by atoms with E-state index in [1.54, 1.807) is 7.11 Å². The van der Waals surface area contributed by atoms with Crippen LogP contribution in [-0.2, 0) is 11.3 Å². The first-order chi connectivity index (χ1) is 8.79. The zero-order chi connectivity index (χ0) is 12.8. The van der Waals surface area contributed by atoms with Crippen LogP contribution in [0, 0.1) is 17.7 Å². The molecule has 0 saturated heterocycles. The molecule has 0 bridgehead atoms. The molecule has 0 aliphatic heterocycles. The van der Waals surface area contributed by atoms with Crippen molar-refractivity contribution in [3.05, 3.63) is 35.6 Å². The molecule has 0 radical (unpaired) electrons. The van der Waals surface area contributed by atoms with Crippen LogP contribution in [0.25, 0.3) is 0 Å². The SMILES string of the molecule is CON=CC1CC1CNCCc1ccc(F)cc1. The van der Waals surface area contributed by atoms with Gasteiger partial charge in [-0.25, -0.2) is 4.39 Å². The van der Waals surface area contributed by atoms with E-state index in [9.17, 15) is 4.39 Å². The van der Waals surface area contributed by atoms with Gasteiger partial charge in [-0.1, -0.05) is 17.3 Å². The summed E-state index contributed by atoms with van der Waals surface area (Å²) >= 11 is 0. The minimum Gasteiger partial charge on any atom is -0.399 e. The zero-order valence-electron chi connectivity index (χ0n) is 10.6. The highest BCUT2D eigenvalue weighted by molar-refractivity contribution is 5.64. The van der Waals surface area contributed by atoms with Gasteiger partial charge < -0.3 is 10.2 Å². The van der Waals surface area contributed by atoms with Crippen molar-refractivity contribution in [2.45, 2.75) is 12.8 Å². The first-order valence-electron chi connectivity index (χ1n) is 6.31. The van der Waals surface area contributed by atoms with Crippen molar-refractivity contribution in [3.8, 4) is 0 Å². The van der Waals surface area contributed by atoms with Crippen LogP contribution in [-0.4, -0.2) is 26.4 Å². The lowest BCUT2D eigenvalue weighted by atomic mass is 10.1. The quantitative estimate of drug-likeness (QED) is 0.457. The summed E-state index contributed by atoms with van der Waals surface area (Å²) in [6.07, 6.45) is 4.01. The number of hydrogen-bond acceptors (Lipinski definition) is 3. The Labute approximate surface area is 107 Å². The van der Waals surface area contributed by atoms with Crippen LogP contribution < -0.4 is 5.32 Å². The van der Waals surface area contributed by atoms with E-state index in [0.29, 0.717) is 11.8 Å². The lowest BCUT2D eigenvalue weighted by molar-refractivity contribution is 0.214. The van der Waals surface area contributed by atoms with Crippen molar-refractivity contribution in [1.29, 1.82) is 0 Å². The van der Waals surface area contributed by atoms with Crippen molar-refractivity contribution in [2.75, 3.05) is 20.2 Å². The molecule has 1 saturated carbocycles. The summed E-state index contributed by atoms with van der Waals surface area (Å²) in [6.45, 7) is 1.94. The van der Waals surface area contributed by atoms with E-state index in [1.165, 1.54) is 18.6 Å². The van der Waals surface area contributed by atoms with Gasteiger partial charge in [-0.05, 0) is 49.5 Å². The summed E-state index contributed by atoms with van der Waals surface area (Å²) < 4.78 is 12.7. The smallest absolute Gasteiger partial charge is 0.123 e. The molecule has 18 heavy (non-hydrogen) atoms. The Balaban J connectivity index is 1.57. The van der Waals surface area contributed by atoms with E-state index in [0.717, 1.165) is 25.1 Å². The average Bonchev–Trinajstić information content (AvgIpc) is 3.13. The van der Waals surface area contributed by atoms with E-state index in [-0.39, 0.29) is 5.82 Å². The fourth-order valence-electron chi connectivity index (χ4n) is 2.00. The number of halogens is 1. The lowest BCUT2D eigenvalue weighted by Gasteiger charge is -2.04. The monoisotopic (exact) mass is 250 g/mol. The largest absolute Gasteiger partial charge is 0.399 e. The van der Waals surface area contributed by atoms with Crippen molar-refractivity contribution in [3.63, 3.8) is 0 Å². The minimum atomic E-state index is -0.176. The summed E-state index contributed by atoms with van der Waals surface area (Å²) in [5, 5.41) is 7.20. The molecule has 98 valence electrons. The Kier molecular flexibility index (Phi) is 4.70. The number of benzene rings is 1. The van der Waals surface area contributed by atoms with Crippen molar-refractivity contribution < 1.29 is 9.23 Å². The zero-order valence-corrected chi connectivity index (χ0v) is 10.6. The fraction of sp³-hybridized carbons (Fsp3) is 0.500. The highest BCUT2D eigenvalue weighted by Crippen LogP contribution is 2.35. The molecule has 4 heteroatoms. The van der Waals surface area contributed by atoms with Crippen LogP contribution in [0.4, 0.5) is 4.39 Å². The first-order valence-corrected chi connectivity index (χ1v) is 6.31. The van der Waals surface area contributed by atoms with Gasteiger partial charge in [0.2, 0.25) is 0 Å². The van der Waals surface area contributed by atoms with Crippen molar-refractivity contribution >= 4 is 6.21 Å². The molecule has 1 aliphatic rings. The molecule has 1 N–H and O–H groups in total. The molecule has 2 unspecified atom stereocenters. The van der Waals surface area contributed by atoms with Gasteiger partial charge in [0.1, 0.15) is 12.9 Å². The van der Waals surface area contributed by atoms with Crippen LogP contribution in [0.5, 0.6) is 0 Å². The van der Waals surface area contributed by atoms with E-state index in [2.05, 4.69) is 15.3 Å². The molecule has 1 aliphatic carbocycles. The number of nitrogens with one attached hydrogen (secondary N) is 1. The van der Waals surface area contributed by atoms with E-state index < -0.39 is 0 Å². The molecule has 3 nitrogen and oxygen atoms in total. The summed E-state index contributed by atoms with van der Waals surface area (Å²) in [6, 6.07) is 6.69. The highest BCUT2D eigenvalue weighted by atomic mass is 19.1. The summed E-state index contributed by atoms with van der Waals surface area (Å²) in [5.74, 6) is 1.09. The van der Waals surface area contributed by atoms with Gasteiger partial charge in [-0.3, -0.25) is 0 Å². The van der Waals surface area contributed by atoms with Gasteiger partial charge in [-0.15, -0.1) is 0 Å². The normalized spacial score (nSPS) is 22.3. The number of oxime groups is 1. The molecule has 2 rings (SSSR count). The van der Waals surface area contributed by atoms with Crippen LogP contribution in [0.2, 0.25) is 0 Å². The predicted molar refractivity (Wildman–Crippen MR) is 70.1 cm³/mol. The van der Waals surface area contributed by atoms with Crippen LogP contribution in [0.3, 0.4) is 0 Å². The molecular weight excluding hydrogens is 231 g/mol. The molecule has 2 atom stereocenters. The standard InChI is InChI=1S/C14H19FN2O/c1-18-17-10-13-8-12(13)9-16-7-6-11-2-4-14(15)5-3-11/h2-5,10,12-13,16H,6-9H2,1H3. The van der Waals surface area contributed by atoms with Crippen molar-refractivity contribution in [2.24, 2.45) is 17.0 Å². The first kappa shape index (κ1) is 13.0. The van der Waals surface area contributed by atoms with Gasteiger partial charge in [-0.2, -0.15) is 0 Å². The van der Waals surface area contributed by atoms with Gasteiger partial charge in [0.25, 0.3) is 0 Å². The second-order valence-corrected chi connectivity index (χ2v) is 4.68. The Morgan fingerprint density at radius 2 is 2.22 bits per heavy atom. The molecule has 1 fully saturated rings. The van der Waals surface area contributed by atoms with Gasteiger partial charge in [0.15, 0.2) is 0 Å². The maximum atomic E-state index is 12.7. The van der Waals surface area contributed by atoms with Crippen LogP contribution in [0.1, 0.15) is 12.0 Å². The minimum absolute atomic E-state index is 0.176. The summed E-state index contributed by atoms with van der Waals surface area (Å²) in [5.41, 5.74) is 1.16. The number of nitrogens with zero attached hydrogens (tertiary/aromatic N) is 1. The molecule has 0 heterocycles.